The first-order valence-electron chi connectivity index (χ1n) is 14.3. The maximum absolute atomic E-state index is 15.3. The molecule has 2 atom stereocenters. The molecule has 38 heavy (non-hydrogen) atoms. The molecule has 2 saturated carbocycles. The first-order chi connectivity index (χ1) is 18.5. The van der Waals surface area contributed by atoms with Gasteiger partial charge in [0.15, 0.2) is 12.3 Å². The van der Waals surface area contributed by atoms with Crippen molar-refractivity contribution in [2.75, 3.05) is 7.11 Å². The number of hydrogen-bond acceptors (Lipinski definition) is 1. The minimum Gasteiger partial charge on any atom is -0.498 e. The van der Waals surface area contributed by atoms with E-state index in [2.05, 4.69) is 25.1 Å². The number of methoxy groups -OCH3 is 1. The largest absolute Gasteiger partial charge is 0.498 e. The zero-order chi connectivity index (χ0) is 26.6. The fourth-order valence-electron chi connectivity index (χ4n) is 6.96. The average molecular weight is 521 g/mol. The maximum Gasteiger partial charge on any atom is 0.192 e. The SMILES string of the molecule is C/C=C/C1CCC(C2CCC(c3ccc(-c4ccc(C5=CC=C(OC)C(F)C5F)cc4)c(F)c3)CC2)CC1. The molecule has 0 aliphatic heterocycles. The molecular formula is C34H39F3O. The molecule has 3 aliphatic rings. The topological polar surface area (TPSA) is 9.23 Å². The van der Waals surface area contributed by atoms with Crippen molar-refractivity contribution in [3.63, 3.8) is 0 Å². The van der Waals surface area contributed by atoms with Crippen LogP contribution in [0.1, 0.15) is 75.3 Å². The third-order valence-corrected chi connectivity index (χ3v) is 9.20. The summed E-state index contributed by atoms with van der Waals surface area (Å²) in [5.41, 5.74) is 3.21. The predicted octanol–water partition coefficient (Wildman–Crippen LogP) is 9.75. The molecule has 5 rings (SSSR count). The van der Waals surface area contributed by atoms with E-state index in [-0.39, 0.29) is 17.1 Å². The smallest absolute Gasteiger partial charge is 0.192 e. The molecule has 2 aromatic rings. The number of benzene rings is 2. The molecule has 0 spiro atoms. The van der Waals surface area contributed by atoms with E-state index < -0.39 is 12.3 Å². The Morgan fingerprint density at radius 3 is 2.00 bits per heavy atom. The third kappa shape index (κ3) is 5.65. The number of hydrogen-bond donors (Lipinski definition) is 0. The Morgan fingerprint density at radius 2 is 1.39 bits per heavy atom. The lowest BCUT2D eigenvalue weighted by Gasteiger charge is -2.37. The lowest BCUT2D eigenvalue weighted by atomic mass is 9.68. The normalized spacial score (nSPS) is 30.1. The molecule has 0 N–H and O–H groups in total. The van der Waals surface area contributed by atoms with Crippen LogP contribution in [0.5, 0.6) is 0 Å². The van der Waals surface area contributed by atoms with Gasteiger partial charge in [-0.05, 0) is 116 Å². The summed E-state index contributed by atoms with van der Waals surface area (Å²) in [7, 11) is 1.33. The second kappa shape index (κ2) is 12.0. The molecule has 1 nitrogen and oxygen atoms in total. The summed E-state index contributed by atoms with van der Waals surface area (Å²) in [6, 6.07) is 12.7. The average Bonchev–Trinajstić information content (AvgIpc) is 2.95. The summed E-state index contributed by atoms with van der Waals surface area (Å²) in [4.78, 5) is 0. The van der Waals surface area contributed by atoms with Gasteiger partial charge >= 0.3 is 0 Å². The summed E-state index contributed by atoms with van der Waals surface area (Å²) in [6.07, 6.45) is 14.1. The second-order valence-corrected chi connectivity index (χ2v) is 11.3. The van der Waals surface area contributed by atoms with E-state index in [1.807, 2.05) is 6.07 Å². The van der Waals surface area contributed by atoms with Crippen LogP contribution in [0, 0.1) is 23.6 Å². The Bertz CT molecular complexity index is 1180. The van der Waals surface area contributed by atoms with Gasteiger partial charge in [-0.2, -0.15) is 0 Å². The zero-order valence-corrected chi connectivity index (χ0v) is 22.5. The monoisotopic (exact) mass is 520 g/mol. The standard InChI is InChI=1S/C34H39F3O/c1-3-4-22-5-7-23(8-6-22)24-9-11-25(12-10-24)28-17-18-29(31(35)21-28)26-13-15-27(16-14-26)30-19-20-32(38-2)34(37)33(30)36/h3-4,13-25,33-34H,5-12H2,1-2H3/b4-3+. The van der Waals surface area contributed by atoms with Crippen LogP contribution in [0.15, 0.2) is 72.5 Å². The highest BCUT2D eigenvalue weighted by Crippen LogP contribution is 2.44. The third-order valence-electron chi connectivity index (χ3n) is 9.20. The van der Waals surface area contributed by atoms with Crippen LogP contribution in [0.25, 0.3) is 16.7 Å². The van der Waals surface area contributed by atoms with E-state index >= 15 is 4.39 Å². The number of rotatable bonds is 6. The summed E-state index contributed by atoms with van der Waals surface area (Å²) in [6.45, 7) is 2.12. The lowest BCUT2D eigenvalue weighted by molar-refractivity contribution is 0.152. The molecule has 4 heteroatoms. The van der Waals surface area contributed by atoms with E-state index in [1.54, 1.807) is 36.4 Å². The molecule has 2 unspecified atom stereocenters. The molecule has 0 bridgehead atoms. The molecule has 0 radical (unpaired) electrons. The van der Waals surface area contributed by atoms with E-state index in [9.17, 15) is 8.78 Å². The number of allylic oxidation sites excluding steroid dienone is 6. The first-order valence-corrected chi connectivity index (χ1v) is 14.3. The highest BCUT2D eigenvalue weighted by Gasteiger charge is 2.33. The molecule has 3 aliphatic carbocycles. The number of halogens is 3. The molecule has 2 aromatic carbocycles. The lowest BCUT2D eigenvalue weighted by Crippen LogP contribution is -2.25. The Kier molecular flexibility index (Phi) is 8.45. The molecule has 0 saturated heterocycles. The van der Waals surface area contributed by atoms with Crippen molar-refractivity contribution in [3.8, 4) is 11.1 Å². The molecular weight excluding hydrogens is 481 g/mol. The van der Waals surface area contributed by atoms with Gasteiger partial charge in [0, 0.05) is 5.56 Å². The van der Waals surface area contributed by atoms with E-state index in [0.717, 1.165) is 41.7 Å². The van der Waals surface area contributed by atoms with Crippen LogP contribution in [0.3, 0.4) is 0 Å². The van der Waals surface area contributed by atoms with Gasteiger partial charge in [-0.15, -0.1) is 0 Å². The number of alkyl halides is 2. The van der Waals surface area contributed by atoms with Gasteiger partial charge in [-0.3, -0.25) is 0 Å². The molecule has 202 valence electrons. The Labute approximate surface area is 225 Å². The minimum atomic E-state index is -1.82. The van der Waals surface area contributed by atoms with Crippen LogP contribution >= 0.6 is 0 Å². The van der Waals surface area contributed by atoms with Gasteiger partial charge in [0.1, 0.15) is 11.6 Å². The van der Waals surface area contributed by atoms with Crippen molar-refractivity contribution < 1.29 is 17.9 Å². The maximum atomic E-state index is 15.3. The number of ether oxygens (including phenoxy) is 1. The van der Waals surface area contributed by atoms with Crippen molar-refractivity contribution >= 4 is 5.57 Å². The predicted molar refractivity (Wildman–Crippen MR) is 150 cm³/mol. The highest BCUT2D eigenvalue weighted by molar-refractivity contribution is 5.75. The molecule has 2 fully saturated rings. The minimum absolute atomic E-state index is 0.0132. The van der Waals surface area contributed by atoms with Crippen LogP contribution in [0.4, 0.5) is 13.2 Å². The van der Waals surface area contributed by atoms with Crippen LogP contribution in [0.2, 0.25) is 0 Å². The molecule has 0 heterocycles. The van der Waals surface area contributed by atoms with E-state index in [1.165, 1.54) is 51.7 Å². The van der Waals surface area contributed by atoms with Crippen molar-refractivity contribution in [3.05, 3.63) is 89.5 Å². The summed E-state index contributed by atoms with van der Waals surface area (Å²) in [5.74, 6) is 2.66. The summed E-state index contributed by atoms with van der Waals surface area (Å²) < 4.78 is 49.0. The van der Waals surface area contributed by atoms with Gasteiger partial charge in [0.2, 0.25) is 0 Å². The van der Waals surface area contributed by atoms with Crippen LogP contribution in [-0.4, -0.2) is 19.5 Å². The van der Waals surface area contributed by atoms with Gasteiger partial charge in [0.25, 0.3) is 0 Å². The van der Waals surface area contributed by atoms with Gasteiger partial charge < -0.3 is 4.74 Å². The summed E-state index contributed by atoms with van der Waals surface area (Å²) >= 11 is 0. The molecule has 0 aromatic heterocycles. The van der Waals surface area contributed by atoms with E-state index in [0.29, 0.717) is 17.0 Å². The fraction of sp³-hybridized carbons (Fsp3) is 0.471. The quantitative estimate of drug-likeness (QED) is 0.345. The van der Waals surface area contributed by atoms with Crippen LogP contribution in [-0.2, 0) is 4.74 Å². The van der Waals surface area contributed by atoms with Crippen molar-refractivity contribution in [2.24, 2.45) is 17.8 Å². The summed E-state index contributed by atoms with van der Waals surface area (Å²) in [5, 5.41) is 0. The van der Waals surface area contributed by atoms with Gasteiger partial charge in [-0.25, -0.2) is 13.2 Å². The highest BCUT2D eigenvalue weighted by atomic mass is 19.2. The Morgan fingerprint density at radius 1 is 0.763 bits per heavy atom. The Balaban J connectivity index is 1.21. The molecule has 0 amide bonds. The van der Waals surface area contributed by atoms with Crippen LogP contribution < -0.4 is 0 Å². The zero-order valence-electron chi connectivity index (χ0n) is 22.5. The van der Waals surface area contributed by atoms with E-state index in [4.69, 9.17) is 4.74 Å². The van der Waals surface area contributed by atoms with Gasteiger partial charge in [0.05, 0.1) is 7.11 Å². The Hall–Kier alpha value is -2.75. The fourth-order valence-corrected chi connectivity index (χ4v) is 6.96. The van der Waals surface area contributed by atoms with Crippen molar-refractivity contribution in [1.82, 2.24) is 0 Å². The van der Waals surface area contributed by atoms with Gasteiger partial charge in [-0.1, -0.05) is 54.6 Å². The first kappa shape index (κ1) is 26.8. The second-order valence-electron chi connectivity index (χ2n) is 11.3. The van der Waals surface area contributed by atoms with Crippen molar-refractivity contribution in [2.45, 2.75) is 76.6 Å². The van der Waals surface area contributed by atoms with Crippen molar-refractivity contribution in [1.29, 1.82) is 0 Å².